The highest BCUT2D eigenvalue weighted by Crippen LogP contribution is 1.98. The highest BCUT2D eigenvalue weighted by molar-refractivity contribution is 8.03. The molecule has 1 nitrogen and oxygen atoms in total. The Labute approximate surface area is 33.0 Å². The SMILES string of the molecule is [3H]P(C)([N])=S. The van der Waals surface area contributed by atoms with Crippen molar-refractivity contribution in [1.82, 2.24) is 5.50 Å². The summed E-state index contributed by atoms with van der Waals surface area (Å²) in [6.07, 6.45) is 0. The second-order valence-electron chi connectivity index (χ2n) is 0.464. The molecule has 3 heteroatoms. The molecule has 0 heterocycles. The van der Waals surface area contributed by atoms with E-state index in [1.165, 1.54) is 6.66 Å². The summed E-state index contributed by atoms with van der Waals surface area (Å²) in [6.45, 7) is -1.22. The van der Waals surface area contributed by atoms with Gasteiger partial charge in [0.05, 0.1) is 1.28 Å². The number of nitrogens with zero attached hydrogens (tertiary/aromatic N) is 1. The normalized spacial score (nSPS) is 27.0. The average molecular weight is 95.1 g/mol. The first-order chi connectivity index (χ1) is 2.00. The molecular weight excluding hydrogens is 89.1 g/mol. The van der Waals surface area contributed by atoms with E-state index in [1.807, 2.05) is 0 Å². The lowest BCUT2D eigenvalue weighted by Crippen LogP contribution is -1.41. The Morgan fingerprint density at radius 2 is 2.50 bits per heavy atom. The third-order valence-electron chi connectivity index (χ3n) is 0. The van der Waals surface area contributed by atoms with Gasteiger partial charge in [0.15, 0.2) is 0 Å². The molecule has 0 aliphatic rings. The summed E-state index contributed by atoms with van der Waals surface area (Å²) in [5.41, 5.74) is 8.11. The highest BCUT2D eigenvalue weighted by atomic mass is 32.4. The minimum absolute atomic E-state index is 1.34. The topological polar surface area (TPSA) is 22.3 Å². The quantitative estimate of drug-likeness (QED) is 0.396. The van der Waals surface area contributed by atoms with Crippen LogP contribution in [-0.4, -0.2) is 7.94 Å². The van der Waals surface area contributed by atoms with Crippen molar-refractivity contribution >= 4 is 18.6 Å². The van der Waals surface area contributed by atoms with Gasteiger partial charge in [0.1, 0.15) is 0 Å². The van der Waals surface area contributed by atoms with Crippen LogP contribution in [0.4, 0.5) is 0 Å². The molecular formula is CH4NPS. The van der Waals surface area contributed by atoms with Crippen LogP contribution in [0.2, 0.25) is 0 Å². The van der Waals surface area contributed by atoms with E-state index in [9.17, 15) is 0 Å². The molecule has 0 amide bonds. The first kappa shape index (κ1) is 2.83. The molecule has 0 aromatic rings. The van der Waals surface area contributed by atoms with E-state index in [2.05, 4.69) is 11.8 Å². The molecule has 0 saturated heterocycles. The first-order valence-corrected chi connectivity index (χ1v) is 3.58. The number of hydrogen-bond donors (Lipinski definition) is 0. The van der Waals surface area contributed by atoms with Crippen LogP contribution < -0.4 is 5.50 Å². The second kappa shape index (κ2) is 1.89. The molecule has 0 aliphatic carbocycles. The number of hydrogen-bond acceptors (Lipinski definition) is 1. The summed E-state index contributed by atoms with van der Waals surface area (Å²) in [7, 11) is 0. The van der Waals surface area contributed by atoms with Gasteiger partial charge < -0.3 is 0 Å². The molecule has 0 N–H and O–H groups in total. The molecule has 1 atom stereocenters. The highest BCUT2D eigenvalue weighted by Gasteiger charge is 1.57. The Hall–Kier alpha value is 0.610. The van der Waals surface area contributed by atoms with Gasteiger partial charge in [0.25, 0.3) is 0 Å². The van der Waals surface area contributed by atoms with Crippen LogP contribution in [-0.2, 0) is 11.8 Å². The Kier molecular flexibility index (Phi) is 1.33. The number of rotatable bonds is 0. The molecule has 0 bridgehead atoms. The molecule has 0 aromatic heterocycles. The Morgan fingerprint density at radius 3 is 2.50 bits per heavy atom. The lowest BCUT2D eigenvalue weighted by molar-refractivity contribution is 1.87. The minimum atomic E-state index is -2.56. The van der Waals surface area contributed by atoms with E-state index in [1.54, 1.807) is 0 Å². The van der Waals surface area contributed by atoms with Gasteiger partial charge >= 0.3 is 0 Å². The summed E-state index contributed by atoms with van der Waals surface area (Å²) in [5, 5.41) is 0. The maximum atomic E-state index is 8.11. The van der Waals surface area contributed by atoms with Gasteiger partial charge in [-0.25, -0.2) is 0 Å². The molecule has 4 heavy (non-hydrogen) atoms. The Morgan fingerprint density at radius 1 is 2.50 bits per heavy atom. The van der Waals surface area contributed by atoms with Crippen molar-refractivity contribution in [1.29, 1.82) is 1.28 Å². The summed E-state index contributed by atoms with van der Waals surface area (Å²) < 4.78 is 6.42. The van der Waals surface area contributed by atoms with E-state index in [4.69, 9.17) is 6.78 Å². The van der Waals surface area contributed by atoms with Crippen molar-refractivity contribution in [3.63, 3.8) is 0 Å². The zero-order chi connectivity index (χ0) is 4.50. The predicted octanol–water partition coefficient (Wildman–Crippen LogP) is 0.276. The third kappa shape index (κ3) is 18.2. The van der Waals surface area contributed by atoms with Crippen molar-refractivity contribution in [2.75, 3.05) is 6.66 Å². The zero-order valence-corrected chi connectivity index (χ0v) is 4.01. The summed E-state index contributed by atoms with van der Waals surface area (Å²) in [4.78, 5) is 0. The molecule has 0 aromatic carbocycles. The van der Waals surface area contributed by atoms with Crippen molar-refractivity contribution in [3.8, 4) is 0 Å². The largest absolute Gasteiger partial charge is 0.109 e. The van der Waals surface area contributed by atoms with Gasteiger partial charge in [0, 0.05) is 6.79 Å². The Bertz CT molecular complexity index is 57.8. The van der Waals surface area contributed by atoms with E-state index < -0.39 is 6.79 Å². The van der Waals surface area contributed by atoms with Crippen LogP contribution in [0, 0.1) is 0 Å². The second-order valence-corrected chi connectivity index (χ2v) is 2.98. The van der Waals surface area contributed by atoms with Crippen molar-refractivity contribution < 1.29 is 0 Å². The van der Waals surface area contributed by atoms with Gasteiger partial charge in [-0.2, -0.15) is 0 Å². The van der Waals surface area contributed by atoms with Gasteiger partial charge in [-0.15, -0.1) is 5.50 Å². The Balaban J connectivity index is 3.47. The maximum Gasteiger partial charge on any atom is 0.0878 e. The zero-order valence-electron chi connectivity index (χ0n) is 3.30. The van der Waals surface area contributed by atoms with Gasteiger partial charge in [0.2, 0.25) is 0 Å². The van der Waals surface area contributed by atoms with Crippen LogP contribution in [0.1, 0.15) is 0 Å². The lowest BCUT2D eigenvalue weighted by atomic mass is 12.0. The molecule has 1 unspecified atom stereocenters. The van der Waals surface area contributed by atoms with E-state index in [0.29, 0.717) is 0 Å². The first-order valence-electron chi connectivity index (χ1n) is 1.28. The average Bonchev–Trinajstić information content (AvgIpc) is 0.722. The van der Waals surface area contributed by atoms with E-state index >= 15 is 0 Å². The summed E-state index contributed by atoms with van der Waals surface area (Å²) in [6, 6.07) is 0. The molecule has 0 spiro atoms. The summed E-state index contributed by atoms with van der Waals surface area (Å²) in [5.74, 6) is 0. The molecule has 0 fully saturated rings. The summed E-state index contributed by atoms with van der Waals surface area (Å²) >= 11 is 4.16. The fourth-order valence-corrected chi connectivity index (χ4v) is 0. The van der Waals surface area contributed by atoms with Crippen LogP contribution in [0.5, 0.6) is 0 Å². The van der Waals surface area contributed by atoms with E-state index in [-0.39, 0.29) is 0 Å². The third-order valence-corrected chi connectivity index (χ3v) is 0. The smallest absolute Gasteiger partial charge is 0.0878 e. The molecule has 0 saturated carbocycles. The predicted molar refractivity (Wildman–Crippen MR) is 23.7 cm³/mol. The van der Waals surface area contributed by atoms with Gasteiger partial charge in [-0.1, -0.05) is 11.8 Å². The standard InChI is InChI=1S/CH4NPS/c1-3(2)4/h3H,1H3/i3T. The van der Waals surface area contributed by atoms with Gasteiger partial charge in [-0.05, 0) is 6.66 Å². The fraction of sp³-hybridized carbons (Fsp3) is 1.00. The van der Waals surface area contributed by atoms with Gasteiger partial charge in [-0.3, -0.25) is 0 Å². The van der Waals surface area contributed by atoms with Crippen molar-refractivity contribution in [2.45, 2.75) is 0 Å². The molecule has 24 valence electrons. The van der Waals surface area contributed by atoms with Crippen LogP contribution in [0.15, 0.2) is 0 Å². The minimum Gasteiger partial charge on any atom is -0.109 e. The maximum absolute atomic E-state index is 8.11. The van der Waals surface area contributed by atoms with Crippen molar-refractivity contribution in [3.05, 3.63) is 0 Å². The monoisotopic (exact) mass is 95.0 g/mol. The molecule has 0 aliphatic heterocycles. The fourth-order valence-electron chi connectivity index (χ4n) is 0. The molecule has 2 radical (unpaired) electrons. The van der Waals surface area contributed by atoms with Crippen LogP contribution >= 0.6 is 6.79 Å². The van der Waals surface area contributed by atoms with E-state index in [0.717, 1.165) is 0 Å². The lowest BCUT2D eigenvalue weighted by Gasteiger charge is -1.60. The van der Waals surface area contributed by atoms with Crippen molar-refractivity contribution in [2.24, 2.45) is 0 Å². The molecule has 0 rings (SSSR count). The van der Waals surface area contributed by atoms with Crippen LogP contribution in [0.25, 0.3) is 0 Å². The van der Waals surface area contributed by atoms with Crippen LogP contribution in [0.3, 0.4) is 0 Å².